The van der Waals surface area contributed by atoms with Crippen molar-refractivity contribution >= 4 is 34.3 Å². The molecule has 1 aromatic rings. The van der Waals surface area contributed by atoms with E-state index in [9.17, 15) is 14.4 Å². The van der Waals surface area contributed by atoms with Crippen molar-refractivity contribution in [2.24, 2.45) is 11.7 Å². The molecule has 1 saturated heterocycles. The number of piperidine rings is 1. The van der Waals surface area contributed by atoms with Gasteiger partial charge in [-0.15, -0.1) is 11.3 Å². The number of carbonyl (C=O) groups is 3. The molecule has 1 aromatic heterocycles. The first kappa shape index (κ1) is 17.4. The second-order valence-corrected chi connectivity index (χ2v) is 6.42. The topological polar surface area (TPSA) is 117 Å². The predicted molar refractivity (Wildman–Crippen MR) is 87.0 cm³/mol. The van der Waals surface area contributed by atoms with Gasteiger partial charge in [-0.25, -0.2) is 9.78 Å². The van der Waals surface area contributed by atoms with E-state index < -0.39 is 6.03 Å². The third-order valence-corrected chi connectivity index (χ3v) is 4.60. The molecule has 4 N–H and O–H groups in total. The molecule has 0 bridgehead atoms. The minimum absolute atomic E-state index is 0.00507. The van der Waals surface area contributed by atoms with Gasteiger partial charge in [0.15, 0.2) is 5.13 Å². The van der Waals surface area contributed by atoms with Crippen molar-refractivity contribution < 1.29 is 14.4 Å². The lowest BCUT2D eigenvalue weighted by atomic mass is 9.96. The number of thiazole rings is 1. The third kappa shape index (κ3) is 5.61. The van der Waals surface area contributed by atoms with Gasteiger partial charge in [-0.2, -0.15) is 0 Å². The van der Waals surface area contributed by atoms with Gasteiger partial charge in [-0.05, 0) is 32.9 Å². The fraction of sp³-hybridized carbons (Fsp3) is 0.571. The van der Waals surface area contributed by atoms with Crippen molar-refractivity contribution in [1.82, 2.24) is 15.2 Å². The molecule has 0 aromatic carbocycles. The fourth-order valence-electron chi connectivity index (χ4n) is 2.50. The van der Waals surface area contributed by atoms with Gasteiger partial charge in [0.2, 0.25) is 11.8 Å². The van der Waals surface area contributed by atoms with Crippen molar-refractivity contribution in [3.8, 4) is 0 Å². The number of urea groups is 1. The van der Waals surface area contributed by atoms with Gasteiger partial charge < -0.3 is 16.0 Å². The number of aryl methyl sites for hydroxylation is 1. The number of likely N-dealkylation sites (tertiary alicyclic amines) is 1. The van der Waals surface area contributed by atoms with Crippen molar-refractivity contribution in [2.75, 3.05) is 25.0 Å². The highest BCUT2D eigenvalue weighted by molar-refractivity contribution is 7.13. The smallest absolute Gasteiger partial charge is 0.318 e. The summed E-state index contributed by atoms with van der Waals surface area (Å²) in [7, 11) is 0. The predicted octanol–water partition coefficient (Wildman–Crippen LogP) is 0.687. The number of carbonyl (C=O) groups excluding carboxylic acids is 3. The van der Waals surface area contributed by atoms with Crippen molar-refractivity contribution in [1.29, 1.82) is 0 Å². The summed E-state index contributed by atoms with van der Waals surface area (Å²) in [4.78, 5) is 40.5. The highest BCUT2D eigenvalue weighted by Gasteiger charge is 2.25. The van der Waals surface area contributed by atoms with E-state index in [1.165, 1.54) is 11.3 Å². The Morgan fingerprint density at radius 3 is 2.65 bits per heavy atom. The van der Waals surface area contributed by atoms with Gasteiger partial charge >= 0.3 is 6.03 Å². The van der Waals surface area contributed by atoms with E-state index in [0.29, 0.717) is 11.7 Å². The van der Waals surface area contributed by atoms with Crippen LogP contribution in [-0.4, -0.2) is 47.4 Å². The van der Waals surface area contributed by atoms with Crippen LogP contribution in [0.3, 0.4) is 0 Å². The molecule has 126 valence electrons. The average molecular weight is 339 g/mol. The van der Waals surface area contributed by atoms with Crippen LogP contribution in [0.15, 0.2) is 5.38 Å². The summed E-state index contributed by atoms with van der Waals surface area (Å²) < 4.78 is 0. The van der Waals surface area contributed by atoms with Crippen LogP contribution in [0.25, 0.3) is 0 Å². The van der Waals surface area contributed by atoms with E-state index in [-0.39, 0.29) is 24.2 Å². The third-order valence-electron chi connectivity index (χ3n) is 3.73. The molecule has 1 fully saturated rings. The number of imide groups is 1. The SMILES string of the molecule is Cc1csc(NC(=O)C2CCN(CCC(=O)NC(N)=O)CC2)n1. The fourth-order valence-corrected chi connectivity index (χ4v) is 3.19. The van der Waals surface area contributed by atoms with Crippen LogP contribution < -0.4 is 16.4 Å². The summed E-state index contributed by atoms with van der Waals surface area (Å²) in [5.41, 5.74) is 5.78. The zero-order chi connectivity index (χ0) is 16.8. The van der Waals surface area contributed by atoms with Crippen molar-refractivity contribution in [2.45, 2.75) is 26.2 Å². The minimum Gasteiger partial charge on any atom is -0.351 e. The molecule has 0 radical (unpaired) electrons. The van der Waals surface area contributed by atoms with E-state index in [0.717, 1.165) is 31.6 Å². The van der Waals surface area contributed by atoms with Gasteiger partial charge in [-0.1, -0.05) is 0 Å². The number of rotatable bonds is 5. The average Bonchev–Trinajstić information content (AvgIpc) is 2.90. The Morgan fingerprint density at radius 1 is 1.39 bits per heavy atom. The number of hydrogen-bond acceptors (Lipinski definition) is 6. The van der Waals surface area contributed by atoms with Gasteiger partial charge in [0.25, 0.3) is 0 Å². The number of aromatic nitrogens is 1. The van der Waals surface area contributed by atoms with Crippen LogP contribution in [0, 0.1) is 12.8 Å². The Morgan fingerprint density at radius 2 is 2.09 bits per heavy atom. The van der Waals surface area contributed by atoms with Gasteiger partial charge in [0.1, 0.15) is 0 Å². The number of anilines is 1. The Bertz CT molecular complexity index is 581. The standard InChI is InChI=1S/C14H21N5O3S/c1-9-8-23-14(16-9)18-12(21)10-2-5-19(6-3-10)7-4-11(20)17-13(15)22/h8,10H,2-7H2,1H3,(H,16,18,21)(H3,15,17,20,22). The first-order valence-corrected chi connectivity index (χ1v) is 8.36. The van der Waals surface area contributed by atoms with Crippen LogP contribution in [0.2, 0.25) is 0 Å². The maximum Gasteiger partial charge on any atom is 0.318 e. The molecule has 0 saturated carbocycles. The number of primary amides is 1. The summed E-state index contributed by atoms with van der Waals surface area (Å²) in [6.45, 7) is 3.94. The van der Waals surface area contributed by atoms with Gasteiger partial charge in [-0.3, -0.25) is 14.9 Å². The second kappa shape index (κ2) is 8.02. The Kier molecular flexibility index (Phi) is 6.05. The van der Waals surface area contributed by atoms with E-state index in [1.54, 1.807) is 0 Å². The molecule has 0 spiro atoms. The van der Waals surface area contributed by atoms with E-state index in [2.05, 4.69) is 15.2 Å². The molecule has 0 unspecified atom stereocenters. The summed E-state index contributed by atoms with van der Waals surface area (Å²) in [5, 5.41) is 7.43. The molecule has 1 aliphatic heterocycles. The molecular weight excluding hydrogens is 318 g/mol. The zero-order valence-electron chi connectivity index (χ0n) is 13.0. The first-order valence-electron chi connectivity index (χ1n) is 7.48. The highest BCUT2D eigenvalue weighted by Crippen LogP contribution is 2.21. The molecular formula is C14H21N5O3S. The monoisotopic (exact) mass is 339 g/mol. The number of hydrogen-bond donors (Lipinski definition) is 3. The maximum atomic E-state index is 12.2. The minimum atomic E-state index is -0.831. The molecule has 2 heterocycles. The molecule has 0 atom stereocenters. The summed E-state index contributed by atoms with van der Waals surface area (Å²) in [5.74, 6) is -0.406. The number of amides is 4. The van der Waals surface area contributed by atoms with Gasteiger partial charge in [0.05, 0.1) is 5.69 Å². The lowest BCUT2D eigenvalue weighted by Gasteiger charge is -2.30. The van der Waals surface area contributed by atoms with Crippen LogP contribution in [0.5, 0.6) is 0 Å². The van der Waals surface area contributed by atoms with Crippen LogP contribution in [0.4, 0.5) is 9.93 Å². The van der Waals surface area contributed by atoms with Gasteiger partial charge in [0, 0.05) is 24.3 Å². The Balaban J connectivity index is 1.70. The summed E-state index contributed by atoms with van der Waals surface area (Å²) in [6, 6.07) is -0.831. The van der Waals surface area contributed by atoms with Crippen molar-refractivity contribution in [3.63, 3.8) is 0 Å². The number of nitrogens with two attached hydrogens (primary N) is 1. The van der Waals surface area contributed by atoms with Crippen LogP contribution in [0.1, 0.15) is 25.0 Å². The van der Waals surface area contributed by atoms with Crippen LogP contribution >= 0.6 is 11.3 Å². The molecule has 2 rings (SSSR count). The molecule has 4 amide bonds. The molecule has 1 aliphatic rings. The van der Waals surface area contributed by atoms with E-state index in [4.69, 9.17) is 5.73 Å². The molecule has 9 heteroatoms. The molecule has 0 aliphatic carbocycles. The Labute approximate surface area is 138 Å². The quantitative estimate of drug-likeness (QED) is 0.729. The number of nitrogens with one attached hydrogen (secondary N) is 2. The second-order valence-electron chi connectivity index (χ2n) is 5.56. The highest BCUT2D eigenvalue weighted by atomic mass is 32.1. The lowest BCUT2D eigenvalue weighted by molar-refractivity contribution is -0.122. The normalized spacial score (nSPS) is 16.0. The largest absolute Gasteiger partial charge is 0.351 e. The van der Waals surface area contributed by atoms with E-state index in [1.807, 2.05) is 17.6 Å². The first-order chi connectivity index (χ1) is 10.9. The summed E-state index contributed by atoms with van der Waals surface area (Å²) >= 11 is 1.42. The number of nitrogens with zero attached hydrogens (tertiary/aromatic N) is 2. The zero-order valence-corrected chi connectivity index (χ0v) is 13.8. The molecule has 23 heavy (non-hydrogen) atoms. The summed E-state index contributed by atoms with van der Waals surface area (Å²) in [6.07, 6.45) is 1.71. The Hall–Kier alpha value is -2.00. The van der Waals surface area contributed by atoms with Crippen molar-refractivity contribution in [3.05, 3.63) is 11.1 Å². The van der Waals surface area contributed by atoms with Crippen LogP contribution in [-0.2, 0) is 9.59 Å². The van der Waals surface area contributed by atoms with E-state index >= 15 is 0 Å². The maximum absolute atomic E-state index is 12.2. The molecule has 8 nitrogen and oxygen atoms in total. The lowest BCUT2D eigenvalue weighted by Crippen LogP contribution is -2.41.